The van der Waals surface area contributed by atoms with Crippen molar-refractivity contribution in [1.29, 1.82) is 0 Å². The molecule has 3 rings (SSSR count). The Balaban J connectivity index is 1.76. The van der Waals surface area contributed by atoms with Gasteiger partial charge in [-0.15, -0.1) is 0 Å². The molecule has 0 unspecified atom stereocenters. The number of nitrogens with one attached hydrogen (secondary N) is 1. The largest absolute Gasteiger partial charge is 0.347 e. The summed E-state index contributed by atoms with van der Waals surface area (Å²) in [6.45, 7) is 5.64. The average Bonchev–Trinajstić information content (AvgIpc) is 2.88. The van der Waals surface area contributed by atoms with Crippen LogP contribution in [0, 0.1) is 0 Å². The third-order valence-corrected chi connectivity index (χ3v) is 4.42. The van der Waals surface area contributed by atoms with Crippen molar-refractivity contribution >= 4 is 5.91 Å². The van der Waals surface area contributed by atoms with E-state index in [1.165, 1.54) is 6.07 Å². The van der Waals surface area contributed by atoms with Gasteiger partial charge in [0.05, 0.1) is 18.8 Å². The van der Waals surface area contributed by atoms with E-state index in [1.54, 1.807) is 15.2 Å². The SMILES string of the molecule is CCN1CCCn2c(nc(CNC(=O)c3cccn3C)cc2=O)C1. The molecule has 3 heterocycles. The summed E-state index contributed by atoms with van der Waals surface area (Å²) in [4.78, 5) is 31.4. The highest BCUT2D eigenvalue weighted by atomic mass is 16.2. The lowest BCUT2D eigenvalue weighted by Gasteiger charge is -2.17. The monoisotopic (exact) mass is 329 g/mol. The van der Waals surface area contributed by atoms with E-state index in [1.807, 2.05) is 19.3 Å². The van der Waals surface area contributed by atoms with Gasteiger partial charge in [0.2, 0.25) is 0 Å². The minimum absolute atomic E-state index is 0.0407. The van der Waals surface area contributed by atoms with Gasteiger partial charge in [-0.3, -0.25) is 19.1 Å². The minimum Gasteiger partial charge on any atom is -0.347 e. The van der Waals surface area contributed by atoms with Gasteiger partial charge in [-0.1, -0.05) is 6.92 Å². The number of hydrogen-bond acceptors (Lipinski definition) is 4. The molecule has 2 aromatic rings. The van der Waals surface area contributed by atoms with Gasteiger partial charge in [-0.2, -0.15) is 0 Å². The highest BCUT2D eigenvalue weighted by Crippen LogP contribution is 2.09. The van der Waals surface area contributed by atoms with Crippen LogP contribution in [-0.4, -0.2) is 38.0 Å². The summed E-state index contributed by atoms with van der Waals surface area (Å²) in [5.74, 6) is 0.611. The molecule has 0 bridgehead atoms. The van der Waals surface area contributed by atoms with Crippen molar-refractivity contribution in [1.82, 2.24) is 24.3 Å². The lowest BCUT2D eigenvalue weighted by molar-refractivity contribution is 0.0942. The molecule has 0 saturated carbocycles. The van der Waals surface area contributed by atoms with E-state index in [9.17, 15) is 9.59 Å². The quantitative estimate of drug-likeness (QED) is 0.898. The normalized spacial score (nSPS) is 14.9. The number of aromatic nitrogens is 3. The van der Waals surface area contributed by atoms with Gasteiger partial charge in [0.25, 0.3) is 11.5 Å². The predicted octanol–water partition coefficient (Wildman–Crippen LogP) is 0.737. The molecule has 0 spiro atoms. The minimum atomic E-state index is -0.172. The fraction of sp³-hybridized carbons (Fsp3) is 0.471. The third-order valence-electron chi connectivity index (χ3n) is 4.42. The molecule has 24 heavy (non-hydrogen) atoms. The van der Waals surface area contributed by atoms with Crippen LogP contribution < -0.4 is 10.9 Å². The second-order valence-electron chi connectivity index (χ2n) is 6.06. The first-order valence-corrected chi connectivity index (χ1v) is 8.30. The fourth-order valence-electron chi connectivity index (χ4n) is 3.02. The summed E-state index contributed by atoms with van der Waals surface area (Å²) in [6.07, 6.45) is 2.77. The van der Waals surface area contributed by atoms with Gasteiger partial charge in [-0.05, 0) is 25.1 Å². The lowest BCUT2D eigenvalue weighted by Crippen LogP contribution is -2.30. The van der Waals surface area contributed by atoms with Crippen molar-refractivity contribution in [3.63, 3.8) is 0 Å². The molecule has 0 atom stereocenters. The molecule has 128 valence electrons. The standard InChI is InChI=1S/C17H23N5O2/c1-3-21-8-5-9-22-15(12-21)19-13(10-16(22)23)11-18-17(24)14-6-4-7-20(14)2/h4,6-7,10H,3,5,8-9,11-12H2,1-2H3,(H,18,24). The summed E-state index contributed by atoms with van der Waals surface area (Å²) in [7, 11) is 1.82. The molecule has 0 aromatic carbocycles. The fourth-order valence-corrected chi connectivity index (χ4v) is 3.02. The van der Waals surface area contributed by atoms with Crippen molar-refractivity contribution in [3.8, 4) is 0 Å². The van der Waals surface area contributed by atoms with Gasteiger partial charge < -0.3 is 9.88 Å². The molecule has 0 fully saturated rings. The molecule has 1 amide bonds. The summed E-state index contributed by atoms with van der Waals surface area (Å²) in [6, 6.07) is 5.10. The molecular weight excluding hydrogens is 306 g/mol. The van der Waals surface area contributed by atoms with Gasteiger partial charge in [-0.25, -0.2) is 4.98 Å². The second-order valence-corrected chi connectivity index (χ2v) is 6.06. The predicted molar refractivity (Wildman–Crippen MR) is 90.6 cm³/mol. The smallest absolute Gasteiger partial charge is 0.268 e. The average molecular weight is 329 g/mol. The van der Waals surface area contributed by atoms with E-state index in [0.29, 0.717) is 24.5 Å². The van der Waals surface area contributed by atoms with Crippen LogP contribution >= 0.6 is 0 Å². The number of aryl methyl sites for hydroxylation is 1. The van der Waals surface area contributed by atoms with Crippen molar-refractivity contribution in [2.45, 2.75) is 33.0 Å². The number of carbonyl (C=O) groups is 1. The topological polar surface area (TPSA) is 72.2 Å². The molecule has 0 radical (unpaired) electrons. The van der Waals surface area contributed by atoms with Crippen LogP contribution in [0.3, 0.4) is 0 Å². The molecule has 7 nitrogen and oxygen atoms in total. The number of hydrogen-bond donors (Lipinski definition) is 1. The molecule has 0 saturated heterocycles. The Hall–Kier alpha value is -2.41. The Morgan fingerprint density at radius 3 is 2.92 bits per heavy atom. The molecule has 2 aromatic heterocycles. The summed E-state index contributed by atoms with van der Waals surface area (Å²) < 4.78 is 3.51. The van der Waals surface area contributed by atoms with Gasteiger partial charge in [0.1, 0.15) is 11.5 Å². The van der Waals surface area contributed by atoms with E-state index >= 15 is 0 Å². The first-order chi connectivity index (χ1) is 11.6. The Bertz CT molecular complexity index is 793. The first kappa shape index (κ1) is 16.4. The highest BCUT2D eigenvalue weighted by Gasteiger charge is 2.16. The first-order valence-electron chi connectivity index (χ1n) is 8.30. The van der Waals surface area contributed by atoms with Crippen LogP contribution in [0.2, 0.25) is 0 Å². The molecule has 1 N–H and O–H groups in total. The van der Waals surface area contributed by atoms with Crippen LogP contribution in [0.1, 0.15) is 35.4 Å². The van der Waals surface area contributed by atoms with Crippen LogP contribution in [0.15, 0.2) is 29.2 Å². The van der Waals surface area contributed by atoms with E-state index in [0.717, 1.165) is 25.3 Å². The summed E-state index contributed by atoms with van der Waals surface area (Å²) in [5.41, 5.74) is 1.14. The maximum atomic E-state index is 12.3. The molecule has 1 aliphatic rings. The van der Waals surface area contributed by atoms with E-state index in [2.05, 4.69) is 22.1 Å². The maximum absolute atomic E-state index is 12.3. The molecule has 7 heteroatoms. The van der Waals surface area contributed by atoms with Crippen molar-refractivity contribution in [2.24, 2.45) is 7.05 Å². The van der Waals surface area contributed by atoms with Crippen molar-refractivity contribution in [3.05, 3.63) is 52.0 Å². The number of carbonyl (C=O) groups excluding carboxylic acids is 1. The van der Waals surface area contributed by atoms with Gasteiger partial charge in [0, 0.05) is 32.4 Å². The number of amides is 1. The molecule has 0 aliphatic carbocycles. The Kier molecular flexibility index (Phi) is 4.80. The van der Waals surface area contributed by atoms with E-state index in [-0.39, 0.29) is 18.0 Å². The zero-order chi connectivity index (χ0) is 17.1. The van der Waals surface area contributed by atoms with Crippen molar-refractivity contribution < 1.29 is 4.79 Å². The Labute approximate surface area is 140 Å². The van der Waals surface area contributed by atoms with E-state index < -0.39 is 0 Å². The number of fused-ring (bicyclic) bond motifs is 1. The van der Waals surface area contributed by atoms with Gasteiger partial charge in [0.15, 0.2) is 0 Å². The zero-order valence-electron chi connectivity index (χ0n) is 14.2. The van der Waals surface area contributed by atoms with Crippen LogP contribution in [0.5, 0.6) is 0 Å². The number of rotatable bonds is 4. The van der Waals surface area contributed by atoms with Crippen LogP contribution in [-0.2, 0) is 26.7 Å². The van der Waals surface area contributed by atoms with Crippen LogP contribution in [0.4, 0.5) is 0 Å². The zero-order valence-corrected chi connectivity index (χ0v) is 14.2. The van der Waals surface area contributed by atoms with Gasteiger partial charge >= 0.3 is 0 Å². The Morgan fingerprint density at radius 2 is 2.21 bits per heavy atom. The summed E-state index contributed by atoms with van der Waals surface area (Å²) in [5, 5.41) is 2.83. The maximum Gasteiger partial charge on any atom is 0.268 e. The second kappa shape index (κ2) is 7.00. The highest BCUT2D eigenvalue weighted by molar-refractivity contribution is 5.92. The lowest BCUT2D eigenvalue weighted by atomic mass is 10.3. The molecular formula is C17H23N5O2. The van der Waals surface area contributed by atoms with Crippen molar-refractivity contribution in [2.75, 3.05) is 13.1 Å². The number of nitrogens with zero attached hydrogens (tertiary/aromatic N) is 4. The summed E-state index contributed by atoms with van der Waals surface area (Å²) >= 11 is 0. The third kappa shape index (κ3) is 3.41. The van der Waals surface area contributed by atoms with E-state index in [4.69, 9.17) is 0 Å². The molecule has 1 aliphatic heterocycles. The van der Waals surface area contributed by atoms with Crippen LogP contribution in [0.25, 0.3) is 0 Å². The Morgan fingerprint density at radius 1 is 1.38 bits per heavy atom.